The van der Waals surface area contributed by atoms with Crippen LogP contribution in [0.2, 0.25) is 0 Å². The van der Waals surface area contributed by atoms with Gasteiger partial charge >= 0.3 is 0 Å². The van der Waals surface area contributed by atoms with Crippen LogP contribution in [0.15, 0.2) is 53.0 Å². The van der Waals surface area contributed by atoms with E-state index in [1.807, 2.05) is 12.1 Å². The van der Waals surface area contributed by atoms with Crippen molar-refractivity contribution < 1.29 is 13.2 Å². The van der Waals surface area contributed by atoms with Crippen LogP contribution < -0.4 is 15.8 Å². The second-order valence-corrected chi connectivity index (χ2v) is 7.86. The maximum absolute atomic E-state index is 12.3. The number of aromatic nitrogens is 1. The third kappa shape index (κ3) is 2.78. The van der Waals surface area contributed by atoms with Gasteiger partial charge in [0.1, 0.15) is 0 Å². The van der Waals surface area contributed by atoms with Crippen LogP contribution in [0.25, 0.3) is 15.8 Å². The number of sulfonamides is 1. The molecule has 0 bridgehead atoms. The van der Waals surface area contributed by atoms with Gasteiger partial charge in [0, 0.05) is 17.5 Å². The molecule has 7 nitrogen and oxygen atoms in total. The number of carbonyl (C=O) groups excluding carboxylic acids is 1. The van der Waals surface area contributed by atoms with Crippen LogP contribution in [-0.2, 0) is 14.8 Å². The number of primary sulfonamides is 1. The Morgan fingerprint density at radius 2 is 1.92 bits per heavy atom. The first-order chi connectivity index (χ1) is 11.9. The number of amides is 1. The maximum atomic E-state index is 12.3. The summed E-state index contributed by atoms with van der Waals surface area (Å²) in [6.45, 7) is 0. The number of anilines is 2. The first-order valence-electron chi connectivity index (χ1n) is 7.21. The molecule has 4 N–H and O–H groups in total. The van der Waals surface area contributed by atoms with Gasteiger partial charge in [-0.3, -0.25) is 4.79 Å². The summed E-state index contributed by atoms with van der Waals surface area (Å²) in [5, 5.41) is 10.9. The van der Waals surface area contributed by atoms with E-state index in [2.05, 4.69) is 15.6 Å². The lowest BCUT2D eigenvalue weighted by Crippen LogP contribution is -2.11. The van der Waals surface area contributed by atoms with Crippen molar-refractivity contribution in [2.75, 3.05) is 10.6 Å². The smallest absolute Gasteiger partial charge is 0.257 e. The highest BCUT2D eigenvalue weighted by molar-refractivity contribution is 7.89. The van der Waals surface area contributed by atoms with E-state index >= 15 is 0 Å². The van der Waals surface area contributed by atoms with Gasteiger partial charge in [-0.1, -0.05) is 0 Å². The van der Waals surface area contributed by atoms with Crippen molar-refractivity contribution in [1.82, 2.24) is 4.98 Å². The summed E-state index contributed by atoms with van der Waals surface area (Å²) in [5.74, 6) is -0.218. The summed E-state index contributed by atoms with van der Waals surface area (Å²) in [4.78, 5) is 16.6. The van der Waals surface area contributed by atoms with Crippen molar-refractivity contribution in [2.45, 2.75) is 4.90 Å². The molecule has 3 aromatic rings. The van der Waals surface area contributed by atoms with Crippen molar-refractivity contribution in [3.8, 4) is 0 Å². The molecule has 0 spiro atoms. The number of nitrogens with one attached hydrogen (secondary N) is 2. The molecule has 0 saturated heterocycles. The third-order valence-corrected chi connectivity index (χ3v) is 5.55. The number of rotatable bonds is 3. The number of carbonyl (C=O) groups is 1. The average molecular weight is 372 g/mol. The van der Waals surface area contributed by atoms with Crippen LogP contribution in [0.1, 0.15) is 5.56 Å². The van der Waals surface area contributed by atoms with E-state index in [4.69, 9.17) is 5.14 Å². The van der Waals surface area contributed by atoms with E-state index in [-0.39, 0.29) is 10.8 Å². The predicted octanol–water partition coefficient (Wildman–Crippen LogP) is 2.35. The Balaban J connectivity index is 1.69. The summed E-state index contributed by atoms with van der Waals surface area (Å²) < 4.78 is 23.6. The van der Waals surface area contributed by atoms with Crippen LogP contribution in [0.4, 0.5) is 11.4 Å². The molecule has 1 amide bonds. The molecular formula is C16H12N4O3S2. The number of nitrogens with zero attached hydrogens (tertiary/aromatic N) is 1. The molecule has 1 aromatic heterocycles. The van der Waals surface area contributed by atoms with E-state index in [1.54, 1.807) is 23.8 Å². The van der Waals surface area contributed by atoms with E-state index in [0.717, 1.165) is 21.5 Å². The Hall–Kier alpha value is -2.75. The Kier molecular flexibility index (Phi) is 3.57. The minimum Gasteiger partial charge on any atom is -0.361 e. The Bertz CT molecular complexity index is 1130. The molecule has 2 aromatic carbocycles. The topological polar surface area (TPSA) is 114 Å². The lowest BCUT2D eigenvalue weighted by atomic mass is 10.1. The number of hydrogen-bond donors (Lipinski definition) is 3. The van der Waals surface area contributed by atoms with Gasteiger partial charge in [-0.15, -0.1) is 11.3 Å². The Morgan fingerprint density at radius 3 is 2.64 bits per heavy atom. The molecular weight excluding hydrogens is 360 g/mol. The molecule has 0 unspecified atom stereocenters. The fourth-order valence-electron chi connectivity index (χ4n) is 2.65. The van der Waals surface area contributed by atoms with E-state index < -0.39 is 10.0 Å². The molecule has 25 heavy (non-hydrogen) atoms. The quantitative estimate of drug-likeness (QED) is 0.611. The van der Waals surface area contributed by atoms with Gasteiger partial charge in [0.25, 0.3) is 5.91 Å². The van der Waals surface area contributed by atoms with Crippen molar-refractivity contribution >= 4 is 54.4 Å². The molecule has 4 rings (SSSR count). The van der Waals surface area contributed by atoms with E-state index in [1.165, 1.54) is 23.5 Å². The van der Waals surface area contributed by atoms with Gasteiger partial charge in [-0.25, -0.2) is 18.5 Å². The number of benzene rings is 2. The van der Waals surface area contributed by atoms with Crippen LogP contribution in [0.3, 0.4) is 0 Å². The molecule has 0 radical (unpaired) electrons. The van der Waals surface area contributed by atoms with Crippen LogP contribution in [0.5, 0.6) is 0 Å². The second-order valence-electron chi connectivity index (χ2n) is 5.41. The van der Waals surface area contributed by atoms with Gasteiger partial charge in [-0.2, -0.15) is 0 Å². The maximum Gasteiger partial charge on any atom is 0.257 e. The SMILES string of the molecule is NS(=O)(=O)c1ccc(N/C=C2\C(=O)Nc3ccc4scnc4c32)cc1. The highest BCUT2D eigenvalue weighted by Gasteiger charge is 2.27. The first kappa shape index (κ1) is 15.8. The second kappa shape index (κ2) is 5.66. The number of nitrogens with two attached hydrogens (primary N) is 1. The number of thiazole rings is 1. The molecule has 0 fully saturated rings. The lowest BCUT2D eigenvalue weighted by molar-refractivity contribution is -0.110. The largest absolute Gasteiger partial charge is 0.361 e. The van der Waals surface area contributed by atoms with Crippen molar-refractivity contribution in [3.05, 3.63) is 53.7 Å². The predicted molar refractivity (Wildman–Crippen MR) is 97.7 cm³/mol. The van der Waals surface area contributed by atoms with Crippen LogP contribution in [-0.4, -0.2) is 19.3 Å². The molecule has 126 valence electrons. The van der Waals surface area contributed by atoms with Gasteiger partial charge in [0.15, 0.2) is 0 Å². The van der Waals surface area contributed by atoms with Crippen LogP contribution >= 0.6 is 11.3 Å². The fraction of sp³-hybridized carbons (Fsp3) is 0. The molecule has 0 aliphatic carbocycles. The lowest BCUT2D eigenvalue weighted by Gasteiger charge is -2.04. The fourth-order valence-corrected chi connectivity index (χ4v) is 3.85. The summed E-state index contributed by atoms with van der Waals surface area (Å²) in [7, 11) is -3.73. The van der Waals surface area contributed by atoms with Gasteiger partial charge in [0.05, 0.1) is 31.9 Å². The summed E-state index contributed by atoms with van der Waals surface area (Å²) >= 11 is 1.51. The summed E-state index contributed by atoms with van der Waals surface area (Å²) in [5.41, 5.74) is 5.11. The molecule has 1 aliphatic rings. The number of hydrogen-bond acceptors (Lipinski definition) is 6. The number of fused-ring (bicyclic) bond motifs is 3. The normalized spacial score (nSPS) is 15.4. The minimum absolute atomic E-state index is 0.0267. The average Bonchev–Trinajstić information content (AvgIpc) is 3.15. The highest BCUT2D eigenvalue weighted by atomic mass is 32.2. The minimum atomic E-state index is -3.73. The first-order valence-corrected chi connectivity index (χ1v) is 9.63. The van der Waals surface area contributed by atoms with Gasteiger partial charge < -0.3 is 10.6 Å². The molecule has 9 heteroatoms. The van der Waals surface area contributed by atoms with Crippen LogP contribution in [0, 0.1) is 0 Å². The zero-order chi connectivity index (χ0) is 17.6. The highest BCUT2D eigenvalue weighted by Crippen LogP contribution is 2.38. The third-order valence-electron chi connectivity index (χ3n) is 3.83. The summed E-state index contributed by atoms with van der Waals surface area (Å²) in [6, 6.07) is 9.74. The molecule has 0 atom stereocenters. The molecule has 2 heterocycles. The van der Waals surface area contributed by atoms with Crippen molar-refractivity contribution in [1.29, 1.82) is 0 Å². The van der Waals surface area contributed by atoms with E-state index in [9.17, 15) is 13.2 Å². The van der Waals surface area contributed by atoms with Gasteiger partial charge in [-0.05, 0) is 36.4 Å². The zero-order valence-corrected chi connectivity index (χ0v) is 14.3. The van der Waals surface area contributed by atoms with Crippen molar-refractivity contribution in [2.24, 2.45) is 5.14 Å². The molecule has 1 aliphatic heterocycles. The summed E-state index contributed by atoms with van der Waals surface area (Å²) in [6.07, 6.45) is 1.59. The standard InChI is InChI=1S/C16H12N4O3S2/c17-25(22,23)10-3-1-9(2-4-10)18-7-11-14-12(20-16(11)21)5-6-13-15(14)19-8-24-13/h1-8,18H,(H,20,21)(H2,17,22,23)/b11-7-. The monoisotopic (exact) mass is 372 g/mol. The van der Waals surface area contributed by atoms with Crippen molar-refractivity contribution in [3.63, 3.8) is 0 Å². The van der Waals surface area contributed by atoms with Gasteiger partial charge in [0.2, 0.25) is 10.0 Å². The molecule has 0 saturated carbocycles. The Labute approximate surface area is 147 Å². The Morgan fingerprint density at radius 1 is 1.16 bits per heavy atom. The van der Waals surface area contributed by atoms with E-state index in [0.29, 0.717) is 11.3 Å². The zero-order valence-electron chi connectivity index (χ0n) is 12.7.